The van der Waals surface area contributed by atoms with Gasteiger partial charge in [0, 0.05) is 0 Å². The maximum absolute atomic E-state index is 2.37. The second-order valence-electron chi connectivity index (χ2n) is 1.28. The molecular formula is C3H7BP. The van der Waals surface area contributed by atoms with Crippen LogP contribution in [0.4, 0.5) is 0 Å². The minimum Gasteiger partial charge on any atom is -0.131 e. The molecule has 0 amide bonds. The average Bonchev–Trinajstić information content (AvgIpc) is 1.76. The second-order valence-corrected chi connectivity index (χ2v) is 2.69. The zero-order valence-electron chi connectivity index (χ0n) is 3.20. The van der Waals surface area contributed by atoms with Crippen LogP contribution in [0.5, 0.6) is 0 Å². The van der Waals surface area contributed by atoms with Crippen molar-refractivity contribution in [3.8, 4) is 0 Å². The summed E-state index contributed by atoms with van der Waals surface area (Å²) in [4.78, 5) is 0. The quantitative estimate of drug-likeness (QED) is 0.301. The molecule has 0 N–H and O–H groups in total. The molecule has 0 bridgehead atoms. The fourth-order valence-electron chi connectivity index (χ4n) is 0.510. The monoisotopic (exact) mass is 85.0 g/mol. The standard InChI is InChI=1S/C3H7BP/c1-2-5-3-4-1/h5H,1-3H2. The van der Waals surface area contributed by atoms with Crippen LogP contribution in [-0.4, -0.2) is 19.5 Å². The van der Waals surface area contributed by atoms with Crippen LogP contribution in [0.1, 0.15) is 0 Å². The summed E-state index contributed by atoms with van der Waals surface area (Å²) in [5.74, 6) is 0. The molecule has 1 atom stereocenters. The molecule has 2 heteroatoms. The molecule has 1 fully saturated rings. The molecule has 1 radical (unpaired) electrons. The minimum absolute atomic E-state index is 1.25. The van der Waals surface area contributed by atoms with Gasteiger partial charge in [0.15, 0.2) is 0 Å². The van der Waals surface area contributed by atoms with E-state index in [2.05, 4.69) is 7.28 Å². The SMILES string of the molecule is [B]1CCPC1. The van der Waals surface area contributed by atoms with Crippen molar-refractivity contribution in [2.45, 2.75) is 6.32 Å². The fourth-order valence-corrected chi connectivity index (χ4v) is 1.53. The summed E-state index contributed by atoms with van der Waals surface area (Å²) in [5, 5.41) is 0. The molecule has 1 aliphatic heterocycles. The molecule has 1 rings (SSSR count). The molecule has 1 heterocycles. The normalized spacial score (nSPS) is 27.2. The molecule has 0 saturated carbocycles. The Balaban J connectivity index is 2.08. The van der Waals surface area contributed by atoms with E-state index >= 15 is 0 Å². The highest BCUT2D eigenvalue weighted by molar-refractivity contribution is 7.42. The Hall–Kier alpha value is 0.495. The summed E-state index contributed by atoms with van der Waals surface area (Å²) >= 11 is 0. The summed E-state index contributed by atoms with van der Waals surface area (Å²) in [6.07, 6.45) is 2.86. The van der Waals surface area contributed by atoms with Gasteiger partial charge in [-0.25, -0.2) is 0 Å². The predicted octanol–water partition coefficient (Wildman–Crippen LogP) is 0.758. The highest BCUT2D eigenvalue weighted by Crippen LogP contribution is 2.16. The third-order valence-corrected chi connectivity index (χ3v) is 2.03. The Morgan fingerprint density at radius 2 is 2.60 bits per heavy atom. The molecule has 1 unspecified atom stereocenters. The Morgan fingerprint density at radius 1 is 1.60 bits per heavy atom. The van der Waals surface area contributed by atoms with Gasteiger partial charge >= 0.3 is 0 Å². The Labute approximate surface area is 35.4 Å². The van der Waals surface area contributed by atoms with Crippen LogP contribution in [0, 0.1) is 0 Å². The summed E-state index contributed by atoms with van der Waals surface area (Å²) in [5.41, 5.74) is 0. The van der Waals surface area contributed by atoms with Gasteiger partial charge in [-0.3, -0.25) is 0 Å². The average molecular weight is 84.9 g/mol. The van der Waals surface area contributed by atoms with E-state index in [-0.39, 0.29) is 0 Å². The molecular weight excluding hydrogens is 77.8 g/mol. The number of rotatable bonds is 0. The minimum atomic E-state index is 1.25. The van der Waals surface area contributed by atoms with Crippen molar-refractivity contribution >= 4 is 15.9 Å². The smallest absolute Gasteiger partial charge is 0.115 e. The van der Waals surface area contributed by atoms with Crippen molar-refractivity contribution in [2.75, 3.05) is 12.2 Å². The van der Waals surface area contributed by atoms with Crippen molar-refractivity contribution in [1.29, 1.82) is 0 Å². The first kappa shape index (κ1) is 3.68. The lowest BCUT2D eigenvalue weighted by Crippen LogP contribution is -1.78. The van der Waals surface area contributed by atoms with E-state index in [0.717, 1.165) is 0 Å². The molecule has 0 aromatic rings. The maximum Gasteiger partial charge on any atom is 0.115 e. The molecule has 1 saturated heterocycles. The molecule has 0 nitrogen and oxygen atoms in total. The Morgan fingerprint density at radius 3 is 2.80 bits per heavy atom. The summed E-state index contributed by atoms with van der Waals surface area (Å²) in [6.45, 7) is 0. The van der Waals surface area contributed by atoms with E-state index in [1.54, 1.807) is 0 Å². The van der Waals surface area contributed by atoms with E-state index in [1.807, 2.05) is 0 Å². The molecule has 27 valence electrons. The van der Waals surface area contributed by atoms with Crippen LogP contribution in [-0.2, 0) is 0 Å². The van der Waals surface area contributed by atoms with E-state index in [1.165, 1.54) is 27.1 Å². The predicted molar refractivity (Wildman–Crippen MR) is 28.6 cm³/mol. The first-order valence-electron chi connectivity index (χ1n) is 2.02. The highest BCUT2D eigenvalue weighted by Gasteiger charge is 1.97. The highest BCUT2D eigenvalue weighted by atomic mass is 31.1. The Kier molecular flexibility index (Phi) is 1.34. The van der Waals surface area contributed by atoms with Gasteiger partial charge in [-0.2, -0.15) is 0 Å². The van der Waals surface area contributed by atoms with Gasteiger partial charge in [0.05, 0.1) is 0 Å². The topological polar surface area (TPSA) is 0 Å². The van der Waals surface area contributed by atoms with Crippen LogP contribution in [0.25, 0.3) is 0 Å². The van der Waals surface area contributed by atoms with E-state index < -0.39 is 0 Å². The van der Waals surface area contributed by atoms with Crippen LogP contribution in [0.3, 0.4) is 0 Å². The lowest BCUT2D eigenvalue weighted by molar-refractivity contribution is 1.51. The lowest BCUT2D eigenvalue weighted by Gasteiger charge is -1.70. The van der Waals surface area contributed by atoms with Crippen LogP contribution < -0.4 is 0 Å². The maximum atomic E-state index is 2.37. The van der Waals surface area contributed by atoms with Gasteiger partial charge in [-0.15, -0.1) is 8.58 Å². The van der Waals surface area contributed by atoms with Crippen molar-refractivity contribution < 1.29 is 0 Å². The summed E-state index contributed by atoms with van der Waals surface area (Å²) in [6, 6.07) is 1.40. The van der Waals surface area contributed by atoms with Gasteiger partial charge in [0.2, 0.25) is 0 Å². The third kappa shape index (κ3) is 0.927. The molecule has 1 aliphatic rings. The van der Waals surface area contributed by atoms with E-state index in [9.17, 15) is 0 Å². The summed E-state index contributed by atoms with van der Waals surface area (Å²) < 4.78 is 0. The molecule has 0 aromatic heterocycles. The van der Waals surface area contributed by atoms with Gasteiger partial charge in [-0.1, -0.05) is 12.4 Å². The number of hydrogen-bond acceptors (Lipinski definition) is 0. The van der Waals surface area contributed by atoms with Gasteiger partial charge in [0.25, 0.3) is 0 Å². The van der Waals surface area contributed by atoms with Crippen molar-refractivity contribution in [3.63, 3.8) is 0 Å². The molecule has 0 spiro atoms. The van der Waals surface area contributed by atoms with Gasteiger partial charge in [0.1, 0.15) is 7.28 Å². The fraction of sp³-hybridized carbons (Fsp3) is 1.00. The Bertz CT molecular complexity index is 18.5. The first-order chi connectivity index (χ1) is 2.50. The van der Waals surface area contributed by atoms with Gasteiger partial charge < -0.3 is 0 Å². The zero-order valence-corrected chi connectivity index (χ0v) is 4.20. The van der Waals surface area contributed by atoms with Crippen molar-refractivity contribution in [1.82, 2.24) is 0 Å². The molecule has 0 aliphatic carbocycles. The van der Waals surface area contributed by atoms with E-state index in [4.69, 9.17) is 0 Å². The van der Waals surface area contributed by atoms with Crippen molar-refractivity contribution in [3.05, 3.63) is 0 Å². The van der Waals surface area contributed by atoms with Gasteiger partial charge in [-0.05, 0) is 6.16 Å². The molecule has 5 heavy (non-hydrogen) atoms. The van der Waals surface area contributed by atoms with Crippen LogP contribution in [0.15, 0.2) is 0 Å². The van der Waals surface area contributed by atoms with Crippen molar-refractivity contribution in [2.24, 2.45) is 0 Å². The third-order valence-electron chi connectivity index (χ3n) is 0.814. The second kappa shape index (κ2) is 1.82. The molecule has 0 aromatic carbocycles. The zero-order chi connectivity index (χ0) is 3.54. The largest absolute Gasteiger partial charge is 0.131 e. The number of hydrogen-bond donors (Lipinski definition) is 0. The van der Waals surface area contributed by atoms with E-state index in [0.29, 0.717) is 0 Å². The first-order valence-corrected chi connectivity index (χ1v) is 3.44. The summed E-state index contributed by atoms with van der Waals surface area (Å²) in [7, 11) is 3.63. The van der Waals surface area contributed by atoms with Crippen LogP contribution >= 0.6 is 8.58 Å². The van der Waals surface area contributed by atoms with Crippen LogP contribution in [0.2, 0.25) is 6.32 Å². The lowest BCUT2D eigenvalue weighted by atomic mass is 9.79.